The van der Waals surface area contributed by atoms with Crippen LogP contribution in [0.5, 0.6) is 0 Å². The van der Waals surface area contributed by atoms with Gasteiger partial charge in [-0.05, 0) is 18.4 Å². The van der Waals surface area contributed by atoms with E-state index in [2.05, 4.69) is 15.3 Å². The molecule has 0 aliphatic rings. The zero-order valence-corrected chi connectivity index (χ0v) is 11.7. The number of amides is 1. The van der Waals surface area contributed by atoms with Gasteiger partial charge in [0.1, 0.15) is 10.5 Å². The van der Waals surface area contributed by atoms with E-state index in [0.29, 0.717) is 29.1 Å². The Morgan fingerprint density at radius 2 is 2.37 bits per heavy atom. The number of hydrogen-bond donors (Lipinski definition) is 2. The zero-order chi connectivity index (χ0) is 13.8. The number of nitrogens with one attached hydrogen (secondary N) is 2. The molecule has 0 atom stereocenters. The minimum atomic E-state index is -0.131. The minimum Gasteiger partial charge on any atom is -0.345 e. The number of aromatic amines is 1. The van der Waals surface area contributed by atoms with Crippen molar-refractivity contribution >= 4 is 27.5 Å². The number of H-pyrrole nitrogens is 1. The summed E-state index contributed by atoms with van der Waals surface area (Å²) in [6, 6.07) is 1.81. The van der Waals surface area contributed by atoms with Crippen molar-refractivity contribution in [2.75, 3.05) is 20.1 Å². The number of fused-ring (bicyclic) bond motifs is 1. The molecule has 19 heavy (non-hydrogen) atoms. The monoisotopic (exact) mass is 280 g/mol. The van der Waals surface area contributed by atoms with Gasteiger partial charge in [0.15, 0.2) is 0 Å². The molecule has 6 nitrogen and oxygen atoms in total. The third-order valence-corrected chi connectivity index (χ3v) is 3.74. The van der Waals surface area contributed by atoms with E-state index in [1.807, 2.05) is 18.4 Å². The highest BCUT2D eigenvalue weighted by Crippen LogP contribution is 2.13. The second-order valence-corrected chi connectivity index (χ2v) is 5.08. The Bertz CT molecular complexity index is 634. The number of rotatable bonds is 5. The Morgan fingerprint density at radius 3 is 3.11 bits per heavy atom. The highest BCUT2D eigenvalue weighted by molar-refractivity contribution is 7.17. The van der Waals surface area contributed by atoms with Crippen LogP contribution in [0.1, 0.15) is 12.7 Å². The Balaban J connectivity index is 1.98. The molecule has 0 aliphatic carbocycles. The first-order valence-corrected chi connectivity index (χ1v) is 6.91. The fraction of sp³-hybridized carbons (Fsp3) is 0.417. The molecule has 1 amide bonds. The third-order valence-electron chi connectivity index (χ3n) is 2.83. The maximum absolute atomic E-state index is 11.7. The molecular formula is C12H16N4O2S. The van der Waals surface area contributed by atoms with Crippen molar-refractivity contribution in [3.63, 3.8) is 0 Å². The summed E-state index contributed by atoms with van der Waals surface area (Å²) in [5.41, 5.74) is 0.566. The average Bonchev–Trinajstić information content (AvgIpc) is 2.86. The summed E-state index contributed by atoms with van der Waals surface area (Å²) in [7, 11) is 1.75. The lowest BCUT2D eigenvalue weighted by Crippen LogP contribution is -2.35. The summed E-state index contributed by atoms with van der Waals surface area (Å²) >= 11 is 1.37. The third kappa shape index (κ3) is 3.18. The molecule has 2 N–H and O–H groups in total. The predicted octanol–water partition coefficient (Wildman–Crippen LogP) is 0.552. The second-order valence-electron chi connectivity index (χ2n) is 4.16. The summed E-state index contributed by atoms with van der Waals surface area (Å²) in [6.45, 7) is 3.19. The van der Waals surface area contributed by atoms with E-state index in [1.165, 1.54) is 11.3 Å². The molecule has 0 aromatic carbocycles. The lowest BCUT2D eigenvalue weighted by atomic mass is 10.4. The Hall–Kier alpha value is -1.73. The van der Waals surface area contributed by atoms with Crippen LogP contribution in [-0.4, -0.2) is 40.9 Å². The summed E-state index contributed by atoms with van der Waals surface area (Å²) in [5, 5.41) is 4.82. The van der Waals surface area contributed by atoms with Crippen LogP contribution in [0.15, 0.2) is 16.2 Å². The van der Waals surface area contributed by atoms with Gasteiger partial charge in [-0.2, -0.15) is 0 Å². The quantitative estimate of drug-likeness (QED) is 0.838. The standard InChI is InChI=1S/C12H16N4O2S/c1-3-16(2)10(17)7-13-6-9-14-8-4-5-19-11(8)12(18)15-9/h4-5,13H,3,6-7H2,1-2H3,(H,14,15,18). The summed E-state index contributed by atoms with van der Waals surface area (Å²) in [4.78, 5) is 32.0. The fourth-order valence-electron chi connectivity index (χ4n) is 1.60. The molecular weight excluding hydrogens is 264 g/mol. The van der Waals surface area contributed by atoms with Crippen LogP contribution in [-0.2, 0) is 11.3 Å². The van der Waals surface area contributed by atoms with Gasteiger partial charge in [-0.3, -0.25) is 9.59 Å². The van der Waals surface area contributed by atoms with Gasteiger partial charge in [0.25, 0.3) is 5.56 Å². The molecule has 2 aromatic heterocycles. The second kappa shape index (κ2) is 5.94. The van der Waals surface area contributed by atoms with E-state index in [9.17, 15) is 9.59 Å². The average molecular weight is 280 g/mol. The topological polar surface area (TPSA) is 78.1 Å². The summed E-state index contributed by atoms with van der Waals surface area (Å²) in [5.74, 6) is 0.560. The number of carbonyl (C=O) groups excluding carboxylic acids is 1. The van der Waals surface area contributed by atoms with Crippen LogP contribution in [0.2, 0.25) is 0 Å². The SMILES string of the molecule is CCN(C)C(=O)CNCc1nc2ccsc2c(=O)[nH]1. The van der Waals surface area contributed by atoms with E-state index in [-0.39, 0.29) is 18.0 Å². The first kappa shape index (κ1) is 13.7. The van der Waals surface area contributed by atoms with E-state index in [4.69, 9.17) is 0 Å². The molecule has 0 bridgehead atoms. The van der Waals surface area contributed by atoms with Gasteiger partial charge < -0.3 is 15.2 Å². The van der Waals surface area contributed by atoms with Gasteiger partial charge in [0.05, 0.1) is 18.6 Å². The Labute approximate surface area is 114 Å². The molecule has 0 fully saturated rings. The van der Waals surface area contributed by atoms with Crippen molar-refractivity contribution in [2.24, 2.45) is 0 Å². The number of likely N-dealkylation sites (N-methyl/N-ethyl adjacent to an activating group) is 1. The molecule has 2 rings (SSSR count). The molecule has 0 radical (unpaired) electrons. The molecule has 2 heterocycles. The van der Waals surface area contributed by atoms with Crippen molar-refractivity contribution in [3.8, 4) is 0 Å². The smallest absolute Gasteiger partial charge is 0.268 e. The minimum absolute atomic E-state index is 0.0152. The van der Waals surface area contributed by atoms with Gasteiger partial charge in [-0.15, -0.1) is 11.3 Å². The number of hydrogen-bond acceptors (Lipinski definition) is 5. The van der Waals surface area contributed by atoms with Crippen molar-refractivity contribution in [3.05, 3.63) is 27.6 Å². The molecule has 7 heteroatoms. The maximum Gasteiger partial charge on any atom is 0.268 e. The van der Waals surface area contributed by atoms with E-state index >= 15 is 0 Å². The lowest BCUT2D eigenvalue weighted by molar-refractivity contribution is -0.128. The normalized spacial score (nSPS) is 10.8. The zero-order valence-electron chi connectivity index (χ0n) is 10.9. The fourth-order valence-corrected chi connectivity index (χ4v) is 2.33. The van der Waals surface area contributed by atoms with Crippen LogP contribution >= 0.6 is 11.3 Å². The maximum atomic E-state index is 11.7. The van der Waals surface area contributed by atoms with Crippen molar-refractivity contribution in [1.29, 1.82) is 0 Å². The van der Waals surface area contributed by atoms with Crippen molar-refractivity contribution in [2.45, 2.75) is 13.5 Å². The number of carbonyl (C=O) groups is 1. The first-order valence-electron chi connectivity index (χ1n) is 6.03. The predicted molar refractivity (Wildman–Crippen MR) is 75.3 cm³/mol. The largest absolute Gasteiger partial charge is 0.345 e. The van der Waals surface area contributed by atoms with E-state index in [1.54, 1.807) is 11.9 Å². The van der Waals surface area contributed by atoms with Gasteiger partial charge in [0, 0.05) is 13.6 Å². The number of aromatic nitrogens is 2. The van der Waals surface area contributed by atoms with Gasteiger partial charge in [-0.25, -0.2) is 4.98 Å². The van der Waals surface area contributed by atoms with E-state index < -0.39 is 0 Å². The van der Waals surface area contributed by atoms with Crippen LogP contribution in [0, 0.1) is 0 Å². The summed E-state index contributed by atoms with van der Waals surface area (Å²) in [6.07, 6.45) is 0. The Kier molecular flexibility index (Phi) is 4.28. The van der Waals surface area contributed by atoms with E-state index in [0.717, 1.165) is 0 Å². The molecule has 102 valence electrons. The molecule has 0 unspecified atom stereocenters. The van der Waals surface area contributed by atoms with Crippen LogP contribution in [0.3, 0.4) is 0 Å². The summed E-state index contributed by atoms with van der Waals surface area (Å²) < 4.78 is 0.630. The van der Waals surface area contributed by atoms with Gasteiger partial charge in [0.2, 0.25) is 5.91 Å². The molecule has 0 spiro atoms. The van der Waals surface area contributed by atoms with Gasteiger partial charge in [-0.1, -0.05) is 0 Å². The van der Waals surface area contributed by atoms with Crippen LogP contribution in [0.4, 0.5) is 0 Å². The lowest BCUT2D eigenvalue weighted by Gasteiger charge is -2.14. The van der Waals surface area contributed by atoms with Crippen molar-refractivity contribution < 1.29 is 4.79 Å². The molecule has 2 aromatic rings. The number of thiophene rings is 1. The molecule has 0 aliphatic heterocycles. The van der Waals surface area contributed by atoms with Crippen molar-refractivity contribution in [1.82, 2.24) is 20.2 Å². The first-order chi connectivity index (χ1) is 9.11. The van der Waals surface area contributed by atoms with Gasteiger partial charge >= 0.3 is 0 Å². The highest BCUT2D eigenvalue weighted by atomic mass is 32.1. The number of nitrogens with zero attached hydrogens (tertiary/aromatic N) is 2. The van der Waals surface area contributed by atoms with Crippen LogP contribution in [0.25, 0.3) is 10.2 Å². The van der Waals surface area contributed by atoms with Crippen LogP contribution < -0.4 is 10.9 Å². The highest BCUT2D eigenvalue weighted by Gasteiger charge is 2.07. The molecule has 0 saturated carbocycles. The molecule has 0 saturated heterocycles. The Morgan fingerprint density at radius 1 is 1.58 bits per heavy atom.